The molecule has 1 amide bonds. The number of hydrogen-bond acceptors (Lipinski definition) is 4. The number of aromatic nitrogens is 2. The lowest BCUT2D eigenvalue weighted by Crippen LogP contribution is -2.51. The summed E-state index contributed by atoms with van der Waals surface area (Å²) in [5.41, 5.74) is -1.18. The first-order valence-corrected chi connectivity index (χ1v) is 5.48. The van der Waals surface area contributed by atoms with Crippen LogP contribution >= 0.6 is 0 Å². The number of aliphatic carboxylic acids is 1. The number of ether oxygens (including phenoxy) is 1. The van der Waals surface area contributed by atoms with Gasteiger partial charge in [0.2, 0.25) is 5.88 Å². The number of amides is 1. The van der Waals surface area contributed by atoms with Gasteiger partial charge in [-0.2, -0.15) is 5.10 Å². The second-order valence-electron chi connectivity index (χ2n) is 4.14. The first-order chi connectivity index (χ1) is 8.34. The van der Waals surface area contributed by atoms with Crippen LogP contribution in [0.3, 0.4) is 0 Å². The largest absolute Gasteiger partial charge is 0.481 e. The molecular formula is C11H17N3O4. The molecule has 0 saturated carbocycles. The molecule has 1 heterocycles. The van der Waals surface area contributed by atoms with E-state index in [0.717, 1.165) is 0 Å². The number of aryl methyl sites for hydroxylation is 1. The lowest BCUT2D eigenvalue weighted by Gasteiger charge is -2.23. The molecule has 7 heteroatoms. The van der Waals surface area contributed by atoms with Crippen LogP contribution in [-0.4, -0.2) is 39.4 Å². The molecule has 7 nitrogen and oxygen atoms in total. The molecule has 2 N–H and O–H groups in total. The summed E-state index contributed by atoms with van der Waals surface area (Å²) >= 11 is 0. The van der Waals surface area contributed by atoms with Crippen LogP contribution in [0, 0.1) is 0 Å². The van der Waals surface area contributed by atoms with Gasteiger partial charge in [0.25, 0.3) is 5.91 Å². The molecule has 1 aromatic rings. The average Bonchev–Trinajstić information content (AvgIpc) is 2.70. The molecule has 100 valence electrons. The fraction of sp³-hybridized carbons (Fsp3) is 0.545. The van der Waals surface area contributed by atoms with E-state index in [1.54, 1.807) is 14.0 Å². The van der Waals surface area contributed by atoms with Gasteiger partial charge >= 0.3 is 5.97 Å². The Kier molecular flexibility index (Phi) is 3.95. The molecule has 0 aliphatic carbocycles. The van der Waals surface area contributed by atoms with E-state index in [4.69, 9.17) is 9.84 Å². The Hall–Kier alpha value is -2.05. The topological polar surface area (TPSA) is 93.5 Å². The quantitative estimate of drug-likeness (QED) is 0.795. The van der Waals surface area contributed by atoms with E-state index in [9.17, 15) is 9.59 Å². The normalized spacial score (nSPS) is 13.8. The highest BCUT2D eigenvalue weighted by Crippen LogP contribution is 2.14. The number of carbonyl (C=O) groups is 2. The third-order valence-corrected chi connectivity index (χ3v) is 2.85. The lowest BCUT2D eigenvalue weighted by molar-refractivity contribution is -0.143. The fourth-order valence-corrected chi connectivity index (χ4v) is 1.36. The maximum atomic E-state index is 11.9. The Labute approximate surface area is 105 Å². The maximum absolute atomic E-state index is 11.9. The summed E-state index contributed by atoms with van der Waals surface area (Å²) in [6.45, 7) is 3.14. The monoisotopic (exact) mass is 255 g/mol. The first kappa shape index (κ1) is 14.0. The number of nitrogens with zero attached hydrogens (tertiary/aromatic N) is 2. The highest BCUT2D eigenvalue weighted by molar-refractivity contribution is 5.96. The smallest absolute Gasteiger partial charge is 0.329 e. The van der Waals surface area contributed by atoms with Crippen LogP contribution in [0.25, 0.3) is 0 Å². The number of carbonyl (C=O) groups excluding carboxylic acids is 1. The predicted molar refractivity (Wildman–Crippen MR) is 63.6 cm³/mol. The average molecular weight is 255 g/mol. The molecule has 0 fully saturated rings. The van der Waals surface area contributed by atoms with Crippen molar-refractivity contribution in [2.24, 2.45) is 7.05 Å². The zero-order valence-electron chi connectivity index (χ0n) is 10.9. The zero-order valence-corrected chi connectivity index (χ0v) is 10.9. The summed E-state index contributed by atoms with van der Waals surface area (Å²) < 4.78 is 6.39. The van der Waals surface area contributed by atoms with Crippen molar-refractivity contribution in [2.75, 3.05) is 7.11 Å². The Morgan fingerprint density at radius 1 is 1.61 bits per heavy atom. The van der Waals surface area contributed by atoms with Gasteiger partial charge in [0.05, 0.1) is 7.11 Å². The summed E-state index contributed by atoms with van der Waals surface area (Å²) in [7, 11) is 3.10. The molecule has 0 aliphatic heterocycles. The van der Waals surface area contributed by atoms with Crippen molar-refractivity contribution in [3.8, 4) is 5.88 Å². The van der Waals surface area contributed by atoms with Gasteiger partial charge in [-0.25, -0.2) is 9.48 Å². The number of hydrogen-bond donors (Lipinski definition) is 2. The van der Waals surface area contributed by atoms with E-state index in [2.05, 4.69) is 10.4 Å². The van der Waals surface area contributed by atoms with Gasteiger partial charge in [-0.05, 0) is 13.3 Å². The molecule has 0 spiro atoms. The Bertz CT molecular complexity index is 469. The second kappa shape index (κ2) is 5.07. The SMILES string of the molecule is CCC(C)(NC(=O)c1cc(OC)n(C)n1)C(=O)O. The third-order valence-electron chi connectivity index (χ3n) is 2.85. The summed E-state index contributed by atoms with van der Waals surface area (Å²) in [5.74, 6) is -1.20. The molecule has 0 aliphatic rings. The molecule has 1 rings (SSSR count). The molecule has 1 atom stereocenters. The summed E-state index contributed by atoms with van der Waals surface area (Å²) in [5, 5.41) is 15.5. The predicted octanol–water partition coefficient (Wildman–Crippen LogP) is 0.412. The van der Waals surface area contributed by atoms with Crippen LogP contribution in [0.2, 0.25) is 0 Å². The third kappa shape index (κ3) is 2.61. The van der Waals surface area contributed by atoms with Gasteiger partial charge < -0.3 is 15.2 Å². The minimum Gasteiger partial charge on any atom is -0.481 e. The Morgan fingerprint density at radius 3 is 2.61 bits per heavy atom. The molecular weight excluding hydrogens is 238 g/mol. The summed E-state index contributed by atoms with van der Waals surface area (Å²) in [6, 6.07) is 1.45. The number of methoxy groups -OCH3 is 1. The maximum Gasteiger partial charge on any atom is 0.329 e. The van der Waals surface area contributed by atoms with Crippen molar-refractivity contribution >= 4 is 11.9 Å². The fourth-order valence-electron chi connectivity index (χ4n) is 1.36. The van der Waals surface area contributed by atoms with E-state index in [1.807, 2.05) is 0 Å². The lowest BCUT2D eigenvalue weighted by atomic mass is 9.99. The Morgan fingerprint density at radius 2 is 2.22 bits per heavy atom. The molecule has 0 saturated heterocycles. The number of nitrogens with one attached hydrogen (secondary N) is 1. The van der Waals surface area contributed by atoms with Gasteiger partial charge in [-0.1, -0.05) is 6.92 Å². The number of rotatable bonds is 5. The molecule has 0 aromatic carbocycles. The van der Waals surface area contributed by atoms with E-state index >= 15 is 0 Å². The van der Waals surface area contributed by atoms with Crippen LogP contribution in [0.1, 0.15) is 30.8 Å². The summed E-state index contributed by atoms with van der Waals surface area (Å²) in [6.07, 6.45) is 0.276. The highest BCUT2D eigenvalue weighted by Gasteiger charge is 2.33. The Balaban J connectivity index is 2.91. The van der Waals surface area contributed by atoms with Crippen molar-refractivity contribution < 1.29 is 19.4 Å². The van der Waals surface area contributed by atoms with E-state index in [-0.39, 0.29) is 12.1 Å². The van der Waals surface area contributed by atoms with Crippen molar-refractivity contribution in [2.45, 2.75) is 25.8 Å². The van der Waals surface area contributed by atoms with E-state index in [0.29, 0.717) is 5.88 Å². The molecule has 0 radical (unpaired) electrons. The van der Waals surface area contributed by atoms with Crippen LogP contribution in [-0.2, 0) is 11.8 Å². The summed E-state index contributed by atoms with van der Waals surface area (Å²) in [4.78, 5) is 23.0. The van der Waals surface area contributed by atoms with Crippen molar-refractivity contribution in [1.29, 1.82) is 0 Å². The van der Waals surface area contributed by atoms with E-state index in [1.165, 1.54) is 24.8 Å². The molecule has 18 heavy (non-hydrogen) atoms. The van der Waals surface area contributed by atoms with Crippen molar-refractivity contribution in [3.05, 3.63) is 11.8 Å². The van der Waals surface area contributed by atoms with Gasteiger partial charge in [0.15, 0.2) is 5.69 Å². The van der Waals surface area contributed by atoms with Crippen LogP contribution in [0.5, 0.6) is 5.88 Å². The minimum atomic E-state index is -1.30. The molecule has 1 aromatic heterocycles. The zero-order chi connectivity index (χ0) is 13.9. The van der Waals surface area contributed by atoms with E-state index < -0.39 is 17.4 Å². The second-order valence-corrected chi connectivity index (χ2v) is 4.14. The van der Waals surface area contributed by atoms with Crippen LogP contribution < -0.4 is 10.1 Å². The van der Waals surface area contributed by atoms with Crippen LogP contribution in [0.4, 0.5) is 0 Å². The molecule has 0 bridgehead atoms. The number of carboxylic acid groups (broad SMARTS) is 1. The number of carboxylic acids is 1. The highest BCUT2D eigenvalue weighted by atomic mass is 16.5. The molecule has 1 unspecified atom stereocenters. The minimum absolute atomic E-state index is 0.121. The standard InChI is InChI=1S/C11H17N3O4/c1-5-11(2,10(16)17)12-9(15)7-6-8(18-4)14(3)13-7/h6H,5H2,1-4H3,(H,12,15)(H,16,17). The van der Waals surface area contributed by atoms with Gasteiger partial charge in [-0.15, -0.1) is 0 Å². The van der Waals surface area contributed by atoms with Crippen molar-refractivity contribution in [1.82, 2.24) is 15.1 Å². The van der Waals surface area contributed by atoms with Gasteiger partial charge in [-0.3, -0.25) is 4.79 Å². The van der Waals surface area contributed by atoms with Crippen LogP contribution in [0.15, 0.2) is 6.07 Å². The van der Waals surface area contributed by atoms with Crippen molar-refractivity contribution in [3.63, 3.8) is 0 Å². The first-order valence-electron chi connectivity index (χ1n) is 5.48. The van der Waals surface area contributed by atoms with Gasteiger partial charge in [0, 0.05) is 13.1 Å². The van der Waals surface area contributed by atoms with Gasteiger partial charge in [0.1, 0.15) is 5.54 Å².